The molecule has 0 heterocycles. The van der Waals surface area contributed by atoms with Crippen molar-refractivity contribution in [3.63, 3.8) is 0 Å². The summed E-state index contributed by atoms with van der Waals surface area (Å²) in [5.41, 5.74) is 0.305. The molecule has 2 aromatic rings. The van der Waals surface area contributed by atoms with E-state index in [0.29, 0.717) is 12.2 Å². The molecular formula is C20H20FNO6. The van der Waals surface area contributed by atoms with Crippen molar-refractivity contribution in [2.75, 3.05) is 19.5 Å². The lowest BCUT2D eigenvalue weighted by atomic mass is 10.1. The number of esters is 2. The molecule has 0 radical (unpaired) electrons. The second-order valence-corrected chi connectivity index (χ2v) is 5.70. The summed E-state index contributed by atoms with van der Waals surface area (Å²) >= 11 is 0. The fourth-order valence-electron chi connectivity index (χ4n) is 2.39. The number of hydrogen-bond donors (Lipinski definition) is 1. The summed E-state index contributed by atoms with van der Waals surface area (Å²) in [6.07, 6.45) is -0.592. The van der Waals surface area contributed by atoms with Crippen LogP contribution in [0.1, 0.15) is 34.1 Å². The van der Waals surface area contributed by atoms with E-state index < -0.39 is 29.8 Å². The van der Waals surface area contributed by atoms with Crippen LogP contribution in [0, 0.1) is 5.82 Å². The van der Waals surface area contributed by atoms with Gasteiger partial charge in [0, 0.05) is 0 Å². The van der Waals surface area contributed by atoms with E-state index in [9.17, 15) is 18.8 Å². The summed E-state index contributed by atoms with van der Waals surface area (Å²) in [6, 6.07) is 9.31. The van der Waals surface area contributed by atoms with Crippen LogP contribution in [-0.2, 0) is 14.3 Å². The molecule has 0 bridgehead atoms. The summed E-state index contributed by atoms with van der Waals surface area (Å²) in [7, 11) is 2.42. The molecule has 0 aliphatic carbocycles. The van der Waals surface area contributed by atoms with E-state index in [1.165, 1.54) is 56.7 Å². The number of methoxy groups -OCH3 is 2. The van der Waals surface area contributed by atoms with Crippen molar-refractivity contribution in [3.05, 3.63) is 59.4 Å². The van der Waals surface area contributed by atoms with Gasteiger partial charge in [-0.25, -0.2) is 14.0 Å². The van der Waals surface area contributed by atoms with Crippen LogP contribution in [0.3, 0.4) is 0 Å². The SMILES string of the molecule is CC[C@H](Oc1ccc(F)cc1)C(=O)Nc1cc(C(=O)OC)ccc1C(=O)OC. The second kappa shape index (κ2) is 9.50. The zero-order chi connectivity index (χ0) is 20.7. The normalized spacial score (nSPS) is 11.3. The summed E-state index contributed by atoms with van der Waals surface area (Å²) in [5, 5.41) is 2.58. The van der Waals surface area contributed by atoms with Crippen LogP contribution in [0.5, 0.6) is 5.75 Å². The molecule has 0 aliphatic heterocycles. The van der Waals surface area contributed by atoms with Gasteiger partial charge in [0.25, 0.3) is 5.91 Å². The summed E-state index contributed by atoms with van der Waals surface area (Å²) < 4.78 is 28.0. The van der Waals surface area contributed by atoms with E-state index in [0.717, 1.165) is 0 Å². The molecule has 2 aromatic carbocycles. The van der Waals surface area contributed by atoms with Gasteiger partial charge in [-0.15, -0.1) is 0 Å². The molecule has 148 valence electrons. The van der Waals surface area contributed by atoms with Crippen molar-refractivity contribution >= 4 is 23.5 Å². The van der Waals surface area contributed by atoms with Crippen LogP contribution in [-0.4, -0.2) is 38.2 Å². The van der Waals surface area contributed by atoms with E-state index in [1.54, 1.807) is 6.92 Å². The lowest BCUT2D eigenvalue weighted by Crippen LogP contribution is -2.33. The molecule has 0 saturated carbocycles. The second-order valence-electron chi connectivity index (χ2n) is 5.70. The standard InChI is InChI=1S/C20H20FNO6/c1-4-17(28-14-8-6-13(21)7-9-14)18(23)22-16-11-12(19(24)26-2)5-10-15(16)20(25)27-3/h5-11,17H,4H2,1-3H3,(H,22,23)/t17-/m0/s1. The predicted octanol–water partition coefficient (Wildman–Crippen LogP) is 3.20. The first kappa shape index (κ1) is 20.9. The molecular weight excluding hydrogens is 369 g/mol. The zero-order valence-electron chi connectivity index (χ0n) is 15.7. The fourth-order valence-corrected chi connectivity index (χ4v) is 2.39. The average Bonchev–Trinajstić information content (AvgIpc) is 2.71. The zero-order valence-corrected chi connectivity index (χ0v) is 15.7. The fraction of sp³-hybridized carbons (Fsp3) is 0.250. The Balaban J connectivity index is 2.27. The molecule has 0 aromatic heterocycles. The molecule has 1 atom stereocenters. The first-order valence-electron chi connectivity index (χ1n) is 8.43. The maximum absolute atomic E-state index is 13.0. The molecule has 1 amide bonds. The van der Waals surface area contributed by atoms with Crippen molar-refractivity contribution < 1.29 is 33.0 Å². The Morgan fingerprint density at radius 2 is 1.64 bits per heavy atom. The third kappa shape index (κ3) is 5.06. The van der Waals surface area contributed by atoms with Gasteiger partial charge in [-0.3, -0.25) is 4.79 Å². The van der Waals surface area contributed by atoms with Crippen LogP contribution < -0.4 is 10.1 Å². The van der Waals surface area contributed by atoms with E-state index in [2.05, 4.69) is 10.1 Å². The number of nitrogens with one attached hydrogen (secondary N) is 1. The molecule has 0 unspecified atom stereocenters. The topological polar surface area (TPSA) is 90.9 Å². The minimum absolute atomic E-state index is 0.0696. The van der Waals surface area contributed by atoms with Gasteiger partial charge in [-0.05, 0) is 48.9 Å². The van der Waals surface area contributed by atoms with Gasteiger partial charge in [0.15, 0.2) is 6.10 Å². The number of carbonyl (C=O) groups is 3. The lowest BCUT2D eigenvalue weighted by molar-refractivity contribution is -0.122. The lowest BCUT2D eigenvalue weighted by Gasteiger charge is -2.18. The van der Waals surface area contributed by atoms with Gasteiger partial charge in [0.1, 0.15) is 11.6 Å². The van der Waals surface area contributed by atoms with Gasteiger partial charge >= 0.3 is 11.9 Å². The molecule has 0 spiro atoms. The quantitative estimate of drug-likeness (QED) is 0.732. The Hall–Kier alpha value is -3.42. The molecule has 1 N–H and O–H groups in total. The number of amides is 1. The third-order valence-corrected chi connectivity index (χ3v) is 3.86. The number of carbonyl (C=O) groups excluding carboxylic acids is 3. The van der Waals surface area contributed by atoms with Gasteiger partial charge in [0.05, 0.1) is 31.0 Å². The maximum atomic E-state index is 13.0. The highest BCUT2D eigenvalue weighted by Gasteiger charge is 2.22. The Labute approximate surface area is 161 Å². The number of rotatable bonds is 7. The van der Waals surface area contributed by atoms with Gasteiger partial charge in [-0.1, -0.05) is 6.92 Å². The minimum atomic E-state index is -0.905. The van der Waals surface area contributed by atoms with E-state index in [1.807, 2.05) is 0 Å². The summed E-state index contributed by atoms with van der Waals surface area (Å²) in [4.78, 5) is 36.4. The highest BCUT2D eigenvalue weighted by atomic mass is 19.1. The number of benzene rings is 2. The monoisotopic (exact) mass is 389 g/mol. The van der Waals surface area contributed by atoms with Crippen molar-refractivity contribution in [1.29, 1.82) is 0 Å². The maximum Gasteiger partial charge on any atom is 0.339 e. The molecule has 7 nitrogen and oxygen atoms in total. The van der Waals surface area contributed by atoms with Gasteiger partial charge < -0.3 is 19.5 Å². The first-order chi connectivity index (χ1) is 13.4. The number of ether oxygens (including phenoxy) is 3. The summed E-state index contributed by atoms with van der Waals surface area (Å²) in [6.45, 7) is 1.74. The number of halogens is 1. The van der Waals surface area contributed by atoms with Crippen LogP contribution in [0.2, 0.25) is 0 Å². The molecule has 28 heavy (non-hydrogen) atoms. The highest BCUT2D eigenvalue weighted by molar-refractivity contribution is 6.04. The van der Waals surface area contributed by atoms with Gasteiger partial charge in [0.2, 0.25) is 0 Å². The van der Waals surface area contributed by atoms with Crippen LogP contribution >= 0.6 is 0 Å². The molecule has 0 fully saturated rings. The summed E-state index contributed by atoms with van der Waals surface area (Å²) in [5.74, 6) is -1.95. The average molecular weight is 389 g/mol. The first-order valence-corrected chi connectivity index (χ1v) is 8.43. The number of hydrogen-bond acceptors (Lipinski definition) is 6. The largest absolute Gasteiger partial charge is 0.481 e. The van der Waals surface area contributed by atoms with Crippen LogP contribution in [0.4, 0.5) is 10.1 Å². The predicted molar refractivity (Wildman–Crippen MR) is 98.9 cm³/mol. The molecule has 2 rings (SSSR count). The minimum Gasteiger partial charge on any atom is -0.481 e. The smallest absolute Gasteiger partial charge is 0.339 e. The molecule has 0 saturated heterocycles. The van der Waals surface area contributed by atoms with E-state index >= 15 is 0 Å². The molecule has 8 heteroatoms. The Bertz CT molecular complexity index is 865. The van der Waals surface area contributed by atoms with Crippen molar-refractivity contribution in [2.45, 2.75) is 19.4 Å². The Morgan fingerprint density at radius 3 is 2.21 bits per heavy atom. The van der Waals surface area contributed by atoms with E-state index in [4.69, 9.17) is 9.47 Å². The number of anilines is 1. The van der Waals surface area contributed by atoms with Crippen molar-refractivity contribution in [3.8, 4) is 5.75 Å². The van der Waals surface area contributed by atoms with Crippen LogP contribution in [0.25, 0.3) is 0 Å². The Morgan fingerprint density at radius 1 is 1.00 bits per heavy atom. The highest BCUT2D eigenvalue weighted by Crippen LogP contribution is 2.21. The van der Waals surface area contributed by atoms with Crippen molar-refractivity contribution in [2.24, 2.45) is 0 Å². The third-order valence-electron chi connectivity index (χ3n) is 3.86. The van der Waals surface area contributed by atoms with Gasteiger partial charge in [-0.2, -0.15) is 0 Å². The Kier molecular flexibility index (Phi) is 7.08. The van der Waals surface area contributed by atoms with Crippen molar-refractivity contribution in [1.82, 2.24) is 0 Å². The molecule has 0 aliphatic rings. The van der Waals surface area contributed by atoms with E-state index in [-0.39, 0.29) is 16.8 Å². The van der Waals surface area contributed by atoms with Crippen LogP contribution in [0.15, 0.2) is 42.5 Å².